The normalized spacial score (nSPS) is 11.0. The molecule has 0 saturated heterocycles. The van der Waals surface area contributed by atoms with E-state index in [0.29, 0.717) is 4.88 Å². The summed E-state index contributed by atoms with van der Waals surface area (Å²) in [5.41, 5.74) is 2.85. The van der Waals surface area contributed by atoms with Gasteiger partial charge in [0.2, 0.25) is 0 Å². The van der Waals surface area contributed by atoms with Gasteiger partial charge in [0.1, 0.15) is 9.88 Å². The molecule has 24 heavy (non-hydrogen) atoms. The molecule has 2 heterocycles. The molecule has 0 aliphatic rings. The first kappa shape index (κ1) is 16.4. The predicted molar refractivity (Wildman–Crippen MR) is 96.1 cm³/mol. The van der Waals surface area contributed by atoms with Gasteiger partial charge in [-0.25, -0.2) is 4.98 Å². The van der Waals surface area contributed by atoms with Gasteiger partial charge in [0.25, 0.3) is 5.91 Å². The highest BCUT2D eigenvalue weighted by Crippen LogP contribution is 2.25. The molecule has 0 saturated carbocycles. The number of hydrogen-bond acceptors (Lipinski definition) is 5. The Morgan fingerprint density at radius 2 is 2.17 bits per heavy atom. The number of anilines is 1. The van der Waals surface area contributed by atoms with Crippen molar-refractivity contribution in [3.8, 4) is 10.6 Å². The van der Waals surface area contributed by atoms with Crippen LogP contribution in [0, 0.1) is 0 Å². The third-order valence-electron chi connectivity index (χ3n) is 3.36. The van der Waals surface area contributed by atoms with Gasteiger partial charge in [0, 0.05) is 31.0 Å². The fourth-order valence-electron chi connectivity index (χ4n) is 2.35. The summed E-state index contributed by atoms with van der Waals surface area (Å²) in [7, 11) is 5.89. The molecule has 2 aromatic heterocycles. The van der Waals surface area contributed by atoms with Gasteiger partial charge in [-0.05, 0) is 31.8 Å². The Hall–Kier alpha value is -2.51. The lowest BCUT2D eigenvalue weighted by molar-refractivity contribution is 0.103. The van der Waals surface area contributed by atoms with Gasteiger partial charge in [0.15, 0.2) is 0 Å². The van der Waals surface area contributed by atoms with Crippen LogP contribution in [-0.4, -0.2) is 39.7 Å². The third-order valence-corrected chi connectivity index (χ3v) is 4.41. The Morgan fingerprint density at radius 1 is 1.33 bits per heavy atom. The summed E-state index contributed by atoms with van der Waals surface area (Å²) in [6.07, 6.45) is 5.22. The number of carbonyl (C=O) groups excluding carboxylic acids is 1. The van der Waals surface area contributed by atoms with E-state index in [1.807, 2.05) is 51.6 Å². The van der Waals surface area contributed by atoms with Crippen LogP contribution >= 0.6 is 11.3 Å². The van der Waals surface area contributed by atoms with Crippen molar-refractivity contribution in [2.45, 2.75) is 6.54 Å². The lowest BCUT2D eigenvalue weighted by Gasteiger charge is -2.11. The zero-order valence-electron chi connectivity index (χ0n) is 13.9. The number of amides is 1. The third kappa shape index (κ3) is 3.87. The summed E-state index contributed by atoms with van der Waals surface area (Å²) >= 11 is 1.36. The number of benzene rings is 1. The molecule has 0 aliphatic heterocycles. The maximum atomic E-state index is 12.4. The standard InChI is InChI=1S/C17H19N5OS/c1-21(2)10-12-5-4-6-14(7-12)20-16(23)15-9-18-17(24-15)13-8-19-22(3)11-13/h4-9,11H,10H2,1-3H3,(H,20,23). The average Bonchev–Trinajstić information content (AvgIpc) is 3.15. The fraction of sp³-hybridized carbons (Fsp3) is 0.235. The second-order valence-electron chi connectivity index (χ2n) is 5.82. The topological polar surface area (TPSA) is 63.1 Å². The van der Waals surface area contributed by atoms with Crippen molar-refractivity contribution in [3.05, 3.63) is 53.3 Å². The number of carbonyl (C=O) groups is 1. The molecular formula is C17H19N5OS. The maximum Gasteiger partial charge on any atom is 0.267 e. The van der Waals surface area contributed by atoms with Crippen molar-refractivity contribution >= 4 is 22.9 Å². The van der Waals surface area contributed by atoms with Crippen LogP contribution in [0.3, 0.4) is 0 Å². The van der Waals surface area contributed by atoms with Crippen molar-refractivity contribution < 1.29 is 4.79 Å². The smallest absolute Gasteiger partial charge is 0.267 e. The average molecular weight is 341 g/mol. The molecule has 6 nitrogen and oxygen atoms in total. The molecule has 0 atom stereocenters. The van der Waals surface area contributed by atoms with Gasteiger partial charge >= 0.3 is 0 Å². The van der Waals surface area contributed by atoms with E-state index in [-0.39, 0.29) is 5.91 Å². The van der Waals surface area contributed by atoms with Crippen LogP contribution in [0.5, 0.6) is 0 Å². The Labute approximate surface area is 144 Å². The SMILES string of the molecule is CN(C)Cc1cccc(NC(=O)c2cnc(-c3cnn(C)c3)s2)c1. The largest absolute Gasteiger partial charge is 0.321 e. The molecule has 0 spiro atoms. The summed E-state index contributed by atoms with van der Waals surface area (Å²) in [5, 5.41) is 7.85. The van der Waals surface area contributed by atoms with E-state index in [0.717, 1.165) is 28.4 Å². The van der Waals surface area contributed by atoms with Gasteiger partial charge in [-0.1, -0.05) is 12.1 Å². The van der Waals surface area contributed by atoms with Crippen molar-refractivity contribution in [2.75, 3.05) is 19.4 Å². The molecule has 1 aromatic carbocycles. The van der Waals surface area contributed by atoms with Gasteiger partial charge in [-0.15, -0.1) is 11.3 Å². The molecule has 0 unspecified atom stereocenters. The van der Waals surface area contributed by atoms with Crippen LogP contribution in [0.1, 0.15) is 15.2 Å². The second-order valence-corrected chi connectivity index (χ2v) is 6.86. The molecule has 0 fully saturated rings. The molecule has 0 radical (unpaired) electrons. The molecular weight excluding hydrogens is 322 g/mol. The summed E-state index contributed by atoms with van der Waals surface area (Å²) in [6.45, 7) is 0.829. The van der Waals surface area contributed by atoms with Crippen LogP contribution in [0.25, 0.3) is 10.6 Å². The Balaban J connectivity index is 1.72. The first-order chi connectivity index (χ1) is 11.5. The number of rotatable bonds is 5. The van der Waals surface area contributed by atoms with Crippen molar-refractivity contribution in [2.24, 2.45) is 7.05 Å². The fourth-order valence-corrected chi connectivity index (χ4v) is 3.14. The number of hydrogen-bond donors (Lipinski definition) is 1. The van der Waals surface area contributed by atoms with E-state index in [1.54, 1.807) is 17.1 Å². The highest BCUT2D eigenvalue weighted by Gasteiger charge is 2.13. The minimum Gasteiger partial charge on any atom is -0.321 e. The molecule has 0 bridgehead atoms. The molecule has 3 aromatic rings. The van der Waals surface area contributed by atoms with Gasteiger partial charge in [-0.3, -0.25) is 9.48 Å². The molecule has 1 N–H and O–H groups in total. The summed E-state index contributed by atoms with van der Waals surface area (Å²) in [5.74, 6) is -0.148. The lowest BCUT2D eigenvalue weighted by atomic mass is 10.2. The van der Waals surface area contributed by atoms with Crippen LogP contribution in [0.2, 0.25) is 0 Å². The van der Waals surface area contributed by atoms with Crippen molar-refractivity contribution in [3.63, 3.8) is 0 Å². The lowest BCUT2D eigenvalue weighted by Crippen LogP contribution is -2.12. The molecule has 1 amide bonds. The molecule has 3 rings (SSSR count). The highest BCUT2D eigenvalue weighted by atomic mass is 32.1. The first-order valence-corrected chi connectivity index (χ1v) is 8.33. The zero-order chi connectivity index (χ0) is 17.1. The molecule has 124 valence electrons. The summed E-state index contributed by atoms with van der Waals surface area (Å²) < 4.78 is 1.72. The molecule has 0 aliphatic carbocycles. The predicted octanol–water partition coefficient (Wildman–Crippen LogP) is 2.86. The van der Waals surface area contributed by atoms with E-state index >= 15 is 0 Å². The van der Waals surface area contributed by atoms with Crippen LogP contribution in [0.15, 0.2) is 42.9 Å². The number of thiazole rings is 1. The van der Waals surface area contributed by atoms with Gasteiger partial charge in [0.05, 0.1) is 12.4 Å². The Morgan fingerprint density at radius 3 is 2.88 bits per heavy atom. The van der Waals surface area contributed by atoms with E-state index < -0.39 is 0 Å². The number of aryl methyl sites for hydroxylation is 1. The van der Waals surface area contributed by atoms with E-state index in [1.165, 1.54) is 11.3 Å². The van der Waals surface area contributed by atoms with Crippen LogP contribution < -0.4 is 5.32 Å². The quantitative estimate of drug-likeness (QED) is 0.775. The summed E-state index contributed by atoms with van der Waals surface area (Å²) in [6, 6.07) is 7.87. The van der Waals surface area contributed by atoms with Crippen molar-refractivity contribution in [1.29, 1.82) is 0 Å². The van der Waals surface area contributed by atoms with E-state index in [2.05, 4.69) is 20.3 Å². The minimum absolute atomic E-state index is 0.148. The summed E-state index contributed by atoms with van der Waals surface area (Å²) in [4.78, 5) is 19.4. The molecule has 7 heteroatoms. The van der Waals surface area contributed by atoms with Crippen LogP contribution in [-0.2, 0) is 13.6 Å². The number of nitrogens with zero attached hydrogens (tertiary/aromatic N) is 4. The van der Waals surface area contributed by atoms with E-state index in [9.17, 15) is 4.79 Å². The monoisotopic (exact) mass is 341 g/mol. The first-order valence-electron chi connectivity index (χ1n) is 7.51. The number of nitrogens with one attached hydrogen (secondary N) is 1. The minimum atomic E-state index is -0.148. The van der Waals surface area contributed by atoms with E-state index in [4.69, 9.17) is 0 Å². The van der Waals surface area contributed by atoms with Gasteiger partial charge < -0.3 is 10.2 Å². The zero-order valence-corrected chi connectivity index (χ0v) is 14.7. The number of aromatic nitrogens is 3. The Bertz CT molecular complexity index is 852. The van der Waals surface area contributed by atoms with Crippen molar-refractivity contribution in [1.82, 2.24) is 19.7 Å². The maximum absolute atomic E-state index is 12.4. The highest BCUT2D eigenvalue weighted by molar-refractivity contribution is 7.17. The second kappa shape index (κ2) is 6.94. The van der Waals surface area contributed by atoms with Crippen LogP contribution in [0.4, 0.5) is 5.69 Å². The van der Waals surface area contributed by atoms with Gasteiger partial charge in [-0.2, -0.15) is 5.10 Å². The Kier molecular flexibility index (Phi) is 4.73.